The lowest BCUT2D eigenvalue weighted by Gasteiger charge is -2.19. The molecule has 0 aliphatic heterocycles. The van der Waals surface area contributed by atoms with Crippen molar-refractivity contribution in [1.29, 1.82) is 0 Å². The standard InChI is InChI=1S/C15H24N2O2S2/c1-3-5-10-17(4-2)11-12-21(18,19)14-8-6-13(7-9-14)15(16)20/h6-9H,3-5,10-12H2,1-2H3,(H2,16,20). The predicted octanol–water partition coefficient (Wildman–Crippen LogP) is 2.22. The third-order valence-corrected chi connectivity index (χ3v) is 5.40. The molecule has 0 fully saturated rings. The van der Waals surface area contributed by atoms with Gasteiger partial charge in [-0.25, -0.2) is 8.42 Å². The van der Waals surface area contributed by atoms with Gasteiger partial charge in [0.15, 0.2) is 9.84 Å². The molecule has 118 valence electrons. The van der Waals surface area contributed by atoms with Gasteiger partial charge in [-0.2, -0.15) is 0 Å². The molecule has 0 bridgehead atoms. The Morgan fingerprint density at radius 2 is 1.81 bits per heavy atom. The lowest BCUT2D eigenvalue weighted by Crippen LogP contribution is -2.30. The number of hydrogen-bond donors (Lipinski definition) is 1. The van der Waals surface area contributed by atoms with Crippen LogP contribution in [0.4, 0.5) is 0 Å². The van der Waals surface area contributed by atoms with Crippen molar-refractivity contribution in [3.8, 4) is 0 Å². The van der Waals surface area contributed by atoms with Gasteiger partial charge in [-0.3, -0.25) is 0 Å². The summed E-state index contributed by atoms with van der Waals surface area (Å²) in [5, 5.41) is 0. The Morgan fingerprint density at radius 1 is 1.19 bits per heavy atom. The van der Waals surface area contributed by atoms with E-state index in [4.69, 9.17) is 18.0 Å². The summed E-state index contributed by atoms with van der Waals surface area (Å²) in [5.74, 6) is 0.136. The molecule has 0 aliphatic carbocycles. The number of nitrogens with zero attached hydrogens (tertiary/aromatic N) is 1. The van der Waals surface area contributed by atoms with Gasteiger partial charge >= 0.3 is 0 Å². The number of thiocarbonyl (C=S) groups is 1. The summed E-state index contributed by atoms with van der Waals surface area (Å²) in [6, 6.07) is 6.46. The fourth-order valence-electron chi connectivity index (χ4n) is 2.00. The summed E-state index contributed by atoms with van der Waals surface area (Å²) in [5.41, 5.74) is 6.19. The van der Waals surface area contributed by atoms with E-state index in [0.717, 1.165) is 25.9 Å². The average molecular weight is 329 g/mol. The molecule has 0 saturated heterocycles. The quantitative estimate of drug-likeness (QED) is 0.704. The number of sulfone groups is 1. The molecule has 2 N–H and O–H groups in total. The minimum atomic E-state index is -3.26. The summed E-state index contributed by atoms with van der Waals surface area (Å²) in [6.07, 6.45) is 2.21. The molecule has 1 aromatic rings. The maximum atomic E-state index is 12.3. The number of rotatable bonds is 9. The van der Waals surface area contributed by atoms with Crippen LogP contribution in [0.2, 0.25) is 0 Å². The van der Waals surface area contributed by atoms with E-state index < -0.39 is 9.84 Å². The molecule has 0 aliphatic rings. The average Bonchev–Trinajstić information content (AvgIpc) is 2.47. The fraction of sp³-hybridized carbons (Fsp3) is 0.533. The van der Waals surface area contributed by atoms with Crippen molar-refractivity contribution in [2.24, 2.45) is 5.73 Å². The number of benzene rings is 1. The zero-order valence-corrected chi connectivity index (χ0v) is 14.3. The number of hydrogen-bond acceptors (Lipinski definition) is 4. The van der Waals surface area contributed by atoms with Gasteiger partial charge in [0.2, 0.25) is 0 Å². The molecule has 1 rings (SSSR count). The van der Waals surface area contributed by atoms with E-state index in [0.29, 0.717) is 17.0 Å². The highest BCUT2D eigenvalue weighted by molar-refractivity contribution is 7.91. The van der Waals surface area contributed by atoms with Gasteiger partial charge in [-0.15, -0.1) is 0 Å². The second kappa shape index (κ2) is 8.46. The van der Waals surface area contributed by atoms with Crippen LogP contribution < -0.4 is 5.73 Å². The second-order valence-electron chi connectivity index (χ2n) is 5.00. The molecule has 0 amide bonds. The lowest BCUT2D eigenvalue weighted by molar-refractivity contribution is 0.299. The van der Waals surface area contributed by atoms with Crippen molar-refractivity contribution in [1.82, 2.24) is 4.90 Å². The minimum Gasteiger partial charge on any atom is -0.389 e. The van der Waals surface area contributed by atoms with Gasteiger partial charge in [-0.1, -0.05) is 44.6 Å². The maximum absolute atomic E-state index is 12.3. The number of unbranched alkanes of at least 4 members (excludes halogenated alkanes) is 1. The van der Waals surface area contributed by atoms with Gasteiger partial charge in [0.05, 0.1) is 10.6 Å². The molecule has 0 saturated carbocycles. The zero-order valence-electron chi connectivity index (χ0n) is 12.7. The van der Waals surface area contributed by atoms with Crippen molar-refractivity contribution < 1.29 is 8.42 Å². The van der Waals surface area contributed by atoms with Crippen molar-refractivity contribution in [3.63, 3.8) is 0 Å². The summed E-state index contributed by atoms with van der Waals surface area (Å²) in [6.45, 7) is 6.57. The van der Waals surface area contributed by atoms with E-state index in [1.54, 1.807) is 24.3 Å². The van der Waals surface area contributed by atoms with E-state index in [1.165, 1.54) is 0 Å². The Labute approximate surface area is 133 Å². The van der Waals surface area contributed by atoms with Crippen LogP contribution in [0, 0.1) is 0 Å². The van der Waals surface area contributed by atoms with Gasteiger partial charge in [0, 0.05) is 12.1 Å². The first kappa shape index (κ1) is 18.1. The highest BCUT2D eigenvalue weighted by Crippen LogP contribution is 2.13. The molecular weight excluding hydrogens is 304 g/mol. The summed E-state index contributed by atoms with van der Waals surface area (Å²) in [4.78, 5) is 2.77. The Morgan fingerprint density at radius 3 is 2.29 bits per heavy atom. The Balaban J connectivity index is 2.70. The smallest absolute Gasteiger partial charge is 0.179 e. The van der Waals surface area contributed by atoms with Gasteiger partial charge in [0.1, 0.15) is 4.99 Å². The largest absolute Gasteiger partial charge is 0.389 e. The summed E-state index contributed by atoms with van der Waals surface area (Å²) < 4.78 is 24.6. The van der Waals surface area contributed by atoms with Crippen LogP contribution in [0.15, 0.2) is 29.2 Å². The molecule has 1 aromatic carbocycles. The van der Waals surface area contributed by atoms with Crippen molar-refractivity contribution >= 4 is 27.0 Å². The SMILES string of the molecule is CCCCN(CC)CCS(=O)(=O)c1ccc(C(N)=S)cc1. The van der Waals surface area contributed by atoms with Crippen molar-refractivity contribution in [2.75, 3.05) is 25.4 Å². The van der Waals surface area contributed by atoms with Gasteiger partial charge < -0.3 is 10.6 Å². The van der Waals surface area contributed by atoms with Crippen molar-refractivity contribution in [3.05, 3.63) is 29.8 Å². The molecule has 0 atom stereocenters. The second-order valence-corrected chi connectivity index (χ2v) is 7.54. The Bertz CT molecular complexity index is 554. The number of nitrogens with two attached hydrogens (primary N) is 1. The fourth-order valence-corrected chi connectivity index (χ4v) is 3.42. The van der Waals surface area contributed by atoms with Gasteiger partial charge in [0.25, 0.3) is 0 Å². The maximum Gasteiger partial charge on any atom is 0.179 e. The third-order valence-electron chi connectivity index (χ3n) is 3.45. The first-order chi connectivity index (χ1) is 9.90. The first-order valence-corrected chi connectivity index (χ1v) is 9.31. The van der Waals surface area contributed by atoms with Crippen LogP contribution in [0.5, 0.6) is 0 Å². The van der Waals surface area contributed by atoms with Crippen LogP contribution in [-0.4, -0.2) is 43.7 Å². The van der Waals surface area contributed by atoms with Crippen LogP contribution in [0.1, 0.15) is 32.3 Å². The molecule has 0 spiro atoms. The zero-order chi connectivity index (χ0) is 15.9. The molecule has 0 unspecified atom stereocenters. The summed E-state index contributed by atoms with van der Waals surface area (Å²) >= 11 is 4.86. The minimum absolute atomic E-state index is 0.136. The molecule has 0 radical (unpaired) electrons. The molecule has 6 heteroatoms. The van der Waals surface area contributed by atoms with Crippen LogP contribution in [0.25, 0.3) is 0 Å². The lowest BCUT2D eigenvalue weighted by atomic mass is 10.2. The highest BCUT2D eigenvalue weighted by atomic mass is 32.2. The first-order valence-electron chi connectivity index (χ1n) is 7.25. The van der Waals surface area contributed by atoms with E-state index in [1.807, 2.05) is 0 Å². The Hall–Kier alpha value is -0.980. The summed E-state index contributed by atoms with van der Waals surface area (Å²) in [7, 11) is -3.26. The molecule has 21 heavy (non-hydrogen) atoms. The normalized spacial score (nSPS) is 11.8. The molecule has 0 heterocycles. The van der Waals surface area contributed by atoms with Crippen molar-refractivity contribution in [2.45, 2.75) is 31.6 Å². The molecular formula is C15H24N2O2S2. The third kappa shape index (κ3) is 5.73. The Kier molecular flexibility index (Phi) is 7.28. The topological polar surface area (TPSA) is 63.4 Å². The van der Waals surface area contributed by atoms with Crippen LogP contribution >= 0.6 is 12.2 Å². The van der Waals surface area contributed by atoms with E-state index in [9.17, 15) is 8.42 Å². The van der Waals surface area contributed by atoms with Crippen LogP contribution in [-0.2, 0) is 9.84 Å². The molecule has 0 aromatic heterocycles. The van der Waals surface area contributed by atoms with E-state index >= 15 is 0 Å². The monoisotopic (exact) mass is 328 g/mol. The van der Waals surface area contributed by atoms with E-state index in [2.05, 4.69) is 18.7 Å². The van der Waals surface area contributed by atoms with Crippen LogP contribution in [0.3, 0.4) is 0 Å². The predicted molar refractivity (Wildman–Crippen MR) is 91.4 cm³/mol. The molecule has 4 nitrogen and oxygen atoms in total. The van der Waals surface area contributed by atoms with E-state index in [-0.39, 0.29) is 10.7 Å². The highest BCUT2D eigenvalue weighted by Gasteiger charge is 2.16. The van der Waals surface area contributed by atoms with Gasteiger partial charge in [-0.05, 0) is 31.6 Å².